The number of amides is 1. The van der Waals surface area contributed by atoms with E-state index in [0.717, 1.165) is 0 Å². The average molecular weight is 214 g/mol. The van der Waals surface area contributed by atoms with Gasteiger partial charge in [-0.25, -0.2) is 0 Å². The lowest BCUT2D eigenvalue weighted by molar-refractivity contribution is -0.115. The second kappa shape index (κ2) is 3.02. The maximum atomic E-state index is 12.8. The second-order valence-corrected chi connectivity index (χ2v) is 3.62. The van der Waals surface area contributed by atoms with E-state index in [0.29, 0.717) is 5.69 Å². The summed E-state index contributed by atoms with van der Waals surface area (Å²) < 4.78 is 38.3. The minimum absolute atomic E-state index is 0.0903. The molecule has 0 spiro atoms. The van der Waals surface area contributed by atoms with Crippen LogP contribution in [-0.2, 0) is 11.2 Å². The number of rotatable bonds is 1. The first-order chi connectivity index (χ1) is 6.89. The van der Waals surface area contributed by atoms with Crippen molar-refractivity contribution in [2.75, 3.05) is 5.32 Å². The number of fused-ring (bicyclic) bond motifs is 1. The molecule has 0 saturated heterocycles. The predicted octanol–water partition coefficient (Wildman–Crippen LogP) is 1.54. The molecule has 0 unspecified atom stereocenters. The number of anilines is 1. The molecular weight excluding hydrogens is 206 g/mol. The van der Waals surface area contributed by atoms with Crippen molar-refractivity contribution >= 4 is 24.0 Å². The van der Waals surface area contributed by atoms with Crippen molar-refractivity contribution in [2.24, 2.45) is 0 Å². The summed E-state index contributed by atoms with van der Waals surface area (Å²) in [6.07, 6.45) is -0.173. The van der Waals surface area contributed by atoms with E-state index in [2.05, 4.69) is 5.32 Å². The van der Waals surface area contributed by atoms with Crippen LogP contribution in [0.5, 0.6) is 0 Å². The third-order valence-corrected chi connectivity index (χ3v) is 2.51. The monoisotopic (exact) mass is 214 g/mol. The topological polar surface area (TPSA) is 29.1 Å². The highest BCUT2D eigenvalue weighted by molar-refractivity contribution is 6.74. The minimum Gasteiger partial charge on any atom is -0.445 e. The summed E-state index contributed by atoms with van der Waals surface area (Å²) in [4.78, 5) is 11.0. The van der Waals surface area contributed by atoms with Gasteiger partial charge in [0.25, 0.3) is 0 Å². The van der Waals surface area contributed by atoms with Gasteiger partial charge < -0.3 is 18.3 Å². The number of aryl methyl sites for hydroxylation is 1. The predicted molar refractivity (Wildman–Crippen MR) is 52.2 cm³/mol. The number of halogens is 3. The van der Waals surface area contributed by atoms with Crippen molar-refractivity contribution in [3.05, 3.63) is 23.3 Å². The molecule has 0 fully saturated rings. The molecule has 0 aliphatic carbocycles. The van der Waals surface area contributed by atoms with Crippen LogP contribution in [0.2, 0.25) is 0 Å². The van der Waals surface area contributed by atoms with Gasteiger partial charge in [0.05, 0.1) is 6.42 Å². The van der Waals surface area contributed by atoms with E-state index in [1.54, 1.807) is 0 Å². The Hall–Kier alpha value is -1.46. The molecule has 0 bridgehead atoms. The molecule has 0 atom stereocenters. The summed E-state index contributed by atoms with van der Waals surface area (Å²) in [5.41, 5.74) is -0.0594. The van der Waals surface area contributed by atoms with Gasteiger partial charge in [-0.2, -0.15) is 0 Å². The van der Waals surface area contributed by atoms with Crippen LogP contribution >= 0.6 is 0 Å². The van der Waals surface area contributed by atoms with E-state index in [9.17, 15) is 17.7 Å². The highest BCUT2D eigenvalue weighted by Gasteiger charge is 2.33. The van der Waals surface area contributed by atoms with E-state index >= 15 is 0 Å². The first-order valence-electron chi connectivity index (χ1n) is 4.52. The number of carbonyl (C=O) groups is 1. The van der Waals surface area contributed by atoms with Gasteiger partial charge in [-0.3, -0.25) is 4.79 Å². The first kappa shape index (κ1) is 10.1. The fourth-order valence-corrected chi connectivity index (χ4v) is 1.90. The molecule has 0 radical (unpaired) electrons. The van der Waals surface area contributed by atoms with Gasteiger partial charge in [-0.15, -0.1) is 0 Å². The molecule has 1 aliphatic rings. The molecule has 2 rings (SSSR count). The third-order valence-electron chi connectivity index (χ3n) is 2.51. The van der Waals surface area contributed by atoms with E-state index in [1.807, 2.05) is 0 Å². The fraction of sp³-hybridized carbons (Fsp3) is 0.222. The van der Waals surface area contributed by atoms with Crippen LogP contribution < -0.4 is 10.8 Å². The lowest BCUT2D eigenvalue weighted by Crippen LogP contribution is -2.38. The van der Waals surface area contributed by atoms with Crippen molar-refractivity contribution in [3.63, 3.8) is 0 Å². The van der Waals surface area contributed by atoms with Gasteiger partial charge >= 0.3 is 6.98 Å². The molecule has 1 aromatic rings. The highest BCUT2D eigenvalue weighted by atomic mass is 19.4. The first-order valence-corrected chi connectivity index (χ1v) is 4.52. The number of benzene rings is 1. The van der Waals surface area contributed by atoms with Crippen molar-refractivity contribution in [2.45, 2.75) is 13.3 Å². The van der Waals surface area contributed by atoms with Gasteiger partial charge in [0.2, 0.25) is 5.91 Å². The summed E-state index contributed by atoms with van der Waals surface area (Å²) in [5, 5.41) is 2.41. The smallest absolute Gasteiger partial charge is 0.445 e. The van der Waals surface area contributed by atoms with Crippen LogP contribution in [0.25, 0.3) is 0 Å². The van der Waals surface area contributed by atoms with Gasteiger partial charge in [0.15, 0.2) is 0 Å². The van der Waals surface area contributed by atoms with Crippen LogP contribution in [0, 0.1) is 6.92 Å². The Morgan fingerprint density at radius 2 is 2.00 bits per heavy atom. The van der Waals surface area contributed by atoms with Gasteiger partial charge in [-0.1, -0.05) is 17.1 Å². The second-order valence-electron chi connectivity index (χ2n) is 3.62. The van der Waals surface area contributed by atoms with E-state index in [1.165, 1.54) is 19.1 Å². The van der Waals surface area contributed by atoms with Crippen LogP contribution in [0.4, 0.5) is 18.6 Å². The quantitative estimate of drug-likeness (QED) is 0.705. The maximum absolute atomic E-state index is 12.8. The summed E-state index contributed by atoms with van der Waals surface area (Å²) in [6, 6.07) is 2.90. The zero-order chi connectivity index (χ0) is 11.2. The Morgan fingerprint density at radius 3 is 2.60 bits per heavy atom. The lowest BCUT2D eigenvalue weighted by atomic mass is 9.73. The fourth-order valence-electron chi connectivity index (χ4n) is 1.90. The molecule has 0 aromatic heterocycles. The van der Waals surface area contributed by atoms with E-state index < -0.39 is 12.4 Å². The largest absolute Gasteiger partial charge is 0.510 e. The number of hydrogen-bond donors (Lipinski definition) is 1. The van der Waals surface area contributed by atoms with Gasteiger partial charge in [0.1, 0.15) is 0 Å². The molecular formula is C9H8BF3NO-. The van der Waals surface area contributed by atoms with E-state index in [4.69, 9.17) is 0 Å². The summed E-state index contributed by atoms with van der Waals surface area (Å²) >= 11 is 0. The molecule has 1 amide bonds. The molecule has 6 heteroatoms. The van der Waals surface area contributed by atoms with Crippen LogP contribution in [-0.4, -0.2) is 12.9 Å². The number of hydrogen-bond acceptors (Lipinski definition) is 1. The van der Waals surface area contributed by atoms with Gasteiger partial charge in [-0.05, 0) is 18.6 Å². The van der Waals surface area contributed by atoms with Crippen LogP contribution in [0.3, 0.4) is 0 Å². The van der Waals surface area contributed by atoms with Crippen LogP contribution in [0.15, 0.2) is 12.1 Å². The summed E-state index contributed by atoms with van der Waals surface area (Å²) in [6.45, 7) is -3.65. The Morgan fingerprint density at radius 1 is 1.33 bits per heavy atom. The van der Waals surface area contributed by atoms with Crippen molar-refractivity contribution in [3.8, 4) is 0 Å². The molecule has 15 heavy (non-hydrogen) atoms. The lowest BCUT2D eigenvalue weighted by Gasteiger charge is -2.21. The Bertz CT molecular complexity index is 442. The number of nitrogens with one attached hydrogen (secondary N) is 1. The zero-order valence-corrected chi connectivity index (χ0v) is 7.98. The molecule has 2 nitrogen and oxygen atoms in total. The maximum Gasteiger partial charge on any atom is 0.510 e. The van der Waals surface area contributed by atoms with Crippen LogP contribution in [0.1, 0.15) is 11.1 Å². The van der Waals surface area contributed by atoms with E-state index in [-0.39, 0.29) is 23.5 Å². The average Bonchev–Trinajstić information content (AvgIpc) is 2.41. The minimum atomic E-state index is -5.06. The zero-order valence-electron chi connectivity index (χ0n) is 7.98. The SMILES string of the molecule is Cc1ccc2c(c1[B-](F)(F)F)CC(=O)N2. The molecule has 1 aliphatic heterocycles. The van der Waals surface area contributed by atoms with Crippen molar-refractivity contribution < 1.29 is 17.7 Å². The highest BCUT2D eigenvalue weighted by Crippen LogP contribution is 2.26. The molecule has 80 valence electrons. The normalized spacial score (nSPS) is 15.1. The Labute approximate surface area is 84.5 Å². The standard InChI is InChI=1S/C9H8BF3NO/c1-5-2-3-7-6(4-8(15)14-7)9(5)10(11,12)13/h2-3H,4H2,1H3,(H,14,15)/q-1. The summed E-state index contributed by atoms with van der Waals surface area (Å²) in [7, 11) is 0. The molecule has 1 aromatic carbocycles. The number of carbonyl (C=O) groups excluding carboxylic acids is 1. The Balaban J connectivity index is 2.65. The third kappa shape index (κ3) is 1.60. The Kier molecular flexibility index (Phi) is 2.03. The molecule has 1 N–H and O–H groups in total. The molecule has 1 heterocycles. The van der Waals surface area contributed by atoms with Crippen molar-refractivity contribution in [1.82, 2.24) is 0 Å². The van der Waals surface area contributed by atoms with Crippen molar-refractivity contribution in [1.29, 1.82) is 0 Å². The molecule has 0 saturated carbocycles. The van der Waals surface area contributed by atoms with Gasteiger partial charge in [0, 0.05) is 5.69 Å². The summed E-state index contributed by atoms with van der Waals surface area (Å²) in [5.74, 6) is -0.378.